The molecule has 0 saturated heterocycles. The van der Waals surface area contributed by atoms with Gasteiger partial charge < -0.3 is 4.90 Å². The molecule has 2 aromatic carbocycles. The minimum absolute atomic E-state index is 0.0598. The zero-order chi connectivity index (χ0) is 19.8. The van der Waals surface area contributed by atoms with Crippen molar-refractivity contribution in [2.24, 2.45) is 5.10 Å². The Morgan fingerprint density at radius 1 is 1.37 bits per heavy atom. The second-order valence-electron chi connectivity index (χ2n) is 7.62. The maximum absolute atomic E-state index is 13.2. The Morgan fingerprint density at radius 3 is 2.81 bits per heavy atom. The molecule has 0 aliphatic carbocycles. The van der Waals surface area contributed by atoms with Crippen molar-refractivity contribution in [3.05, 3.63) is 63.9 Å². The molecule has 142 valence electrons. The van der Waals surface area contributed by atoms with E-state index in [1.54, 1.807) is 0 Å². The van der Waals surface area contributed by atoms with Gasteiger partial charge in [-0.05, 0) is 62.1 Å². The average Bonchev–Trinajstić information content (AvgIpc) is 2.60. The first-order chi connectivity index (χ1) is 12.7. The molecule has 4 nitrogen and oxygen atoms in total. The third-order valence-electron chi connectivity index (χ3n) is 5.21. The highest BCUT2D eigenvalue weighted by atomic mass is 35.5. The molecule has 1 N–H and O–H groups in total. The van der Waals surface area contributed by atoms with Gasteiger partial charge in [0.1, 0.15) is 5.82 Å². The summed E-state index contributed by atoms with van der Waals surface area (Å²) in [5.74, 6) is -0.558. The molecule has 1 unspecified atom stereocenters. The van der Waals surface area contributed by atoms with Crippen LogP contribution in [0.2, 0.25) is 5.02 Å². The average molecular weight is 388 g/mol. The highest BCUT2D eigenvalue weighted by molar-refractivity contribution is 6.33. The second-order valence-corrected chi connectivity index (χ2v) is 8.03. The Labute approximate surface area is 164 Å². The minimum atomic E-state index is -0.477. The summed E-state index contributed by atoms with van der Waals surface area (Å²) in [5, 5.41) is 4.55. The summed E-state index contributed by atoms with van der Waals surface area (Å²) in [7, 11) is 2.08. The number of carbonyl (C=O) groups excluding carboxylic acids is 1. The van der Waals surface area contributed by atoms with Gasteiger partial charge in [-0.15, -0.1) is 0 Å². The van der Waals surface area contributed by atoms with E-state index in [1.807, 2.05) is 12.1 Å². The van der Waals surface area contributed by atoms with Crippen molar-refractivity contribution in [1.82, 2.24) is 5.43 Å². The summed E-state index contributed by atoms with van der Waals surface area (Å²) < 4.78 is 13.2. The summed E-state index contributed by atoms with van der Waals surface area (Å²) in [5.41, 5.74) is 5.73. The van der Waals surface area contributed by atoms with E-state index in [9.17, 15) is 9.18 Å². The Kier molecular flexibility index (Phi) is 5.24. The zero-order valence-corrected chi connectivity index (χ0v) is 16.6. The van der Waals surface area contributed by atoms with Crippen LogP contribution in [0.3, 0.4) is 0 Å². The van der Waals surface area contributed by atoms with Gasteiger partial charge in [0.15, 0.2) is 0 Å². The van der Waals surface area contributed by atoms with E-state index < -0.39 is 11.7 Å². The van der Waals surface area contributed by atoms with Crippen molar-refractivity contribution < 1.29 is 9.18 Å². The summed E-state index contributed by atoms with van der Waals surface area (Å²) in [6, 6.07) is 9.42. The van der Waals surface area contributed by atoms with Gasteiger partial charge in [0.25, 0.3) is 5.91 Å². The lowest BCUT2D eigenvalue weighted by molar-refractivity contribution is 0.0954. The molecule has 0 radical (unpaired) electrons. The van der Waals surface area contributed by atoms with Crippen LogP contribution in [0.4, 0.5) is 10.1 Å². The molecule has 3 rings (SSSR count). The van der Waals surface area contributed by atoms with Crippen molar-refractivity contribution in [2.75, 3.05) is 11.9 Å². The van der Waals surface area contributed by atoms with E-state index in [0.717, 1.165) is 23.7 Å². The molecule has 0 aromatic heterocycles. The van der Waals surface area contributed by atoms with Gasteiger partial charge in [-0.1, -0.05) is 24.6 Å². The maximum atomic E-state index is 13.2. The summed E-state index contributed by atoms with van der Waals surface area (Å²) in [6.45, 7) is 6.64. The fourth-order valence-corrected chi connectivity index (χ4v) is 3.76. The number of hydrogen-bond donors (Lipinski definition) is 1. The maximum Gasteiger partial charge on any atom is 0.271 e. The molecule has 1 heterocycles. The first-order valence-electron chi connectivity index (χ1n) is 8.85. The lowest BCUT2D eigenvalue weighted by Crippen LogP contribution is -2.45. The molecule has 0 fully saturated rings. The normalized spacial score (nSPS) is 18.4. The molecule has 1 atom stereocenters. The number of hydrazone groups is 1. The van der Waals surface area contributed by atoms with Crippen molar-refractivity contribution in [3.8, 4) is 0 Å². The Balaban J connectivity index is 1.81. The molecule has 0 bridgehead atoms. The summed E-state index contributed by atoms with van der Waals surface area (Å²) >= 11 is 6.44. The van der Waals surface area contributed by atoms with Crippen molar-refractivity contribution in [3.63, 3.8) is 0 Å². The summed E-state index contributed by atoms with van der Waals surface area (Å²) in [4.78, 5) is 14.3. The van der Waals surface area contributed by atoms with Crippen LogP contribution >= 0.6 is 11.6 Å². The molecule has 1 aliphatic rings. The summed E-state index contributed by atoms with van der Waals surface area (Å²) in [6.07, 6.45) is 2.55. The standard InChI is InChI=1S/C21H23ClFN3O/c1-13-11-21(2,3)26(4)19-10-18(22)15(9-17(13)19)12-24-25-20(27)14-6-5-7-16(23)8-14/h5-10,12-13H,11H2,1-4H3,(H,25,27)/b24-12+. The second kappa shape index (κ2) is 7.31. The number of hydrogen-bond acceptors (Lipinski definition) is 3. The van der Waals surface area contributed by atoms with Gasteiger partial charge >= 0.3 is 0 Å². The predicted molar refractivity (Wildman–Crippen MR) is 108 cm³/mol. The van der Waals surface area contributed by atoms with Crippen molar-refractivity contribution >= 4 is 29.4 Å². The number of halogens is 2. The monoisotopic (exact) mass is 387 g/mol. The Morgan fingerprint density at radius 2 is 2.11 bits per heavy atom. The molecule has 27 heavy (non-hydrogen) atoms. The van der Waals surface area contributed by atoms with E-state index in [1.165, 1.54) is 30.0 Å². The van der Waals surface area contributed by atoms with E-state index in [2.05, 4.69) is 43.2 Å². The topological polar surface area (TPSA) is 44.7 Å². The van der Waals surface area contributed by atoms with E-state index in [-0.39, 0.29) is 11.1 Å². The molecule has 1 amide bonds. The number of nitrogens with one attached hydrogen (secondary N) is 1. The molecular formula is C21H23ClFN3O. The van der Waals surface area contributed by atoms with Gasteiger partial charge in [0.2, 0.25) is 0 Å². The number of benzene rings is 2. The first kappa shape index (κ1) is 19.4. The van der Waals surface area contributed by atoms with Gasteiger partial charge in [0, 0.05) is 29.4 Å². The largest absolute Gasteiger partial charge is 0.369 e. The van der Waals surface area contributed by atoms with Gasteiger partial charge in [-0.25, -0.2) is 9.82 Å². The minimum Gasteiger partial charge on any atom is -0.369 e. The fourth-order valence-electron chi connectivity index (χ4n) is 3.56. The Hall–Kier alpha value is -2.40. The number of carbonyl (C=O) groups is 1. The highest BCUT2D eigenvalue weighted by Gasteiger charge is 2.34. The molecule has 1 aliphatic heterocycles. The van der Waals surface area contributed by atoms with E-state index in [0.29, 0.717) is 10.9 Å². The molecule has 6 heteroatoms. The third kappa shape index (κ3) is 3.98. The lowest BCUT2D eigenvalue weighted by Gasteiger charge is -2.45. The number of nitrogens with zero attached hydrogens (tertiary/aromatic N) is 2. The fraction of sp³-hybridized carbons (Fsp3) is 0.333. The van der Waals surface area contributed by atoms with Gasteiger partial charge in [0.05, 0.1) is 11.2 Å². The van der Waals surface area contributed by atoms with E-state index >= 15 is 0 Å². The SMILES string of the molecule is CC1CC(C)(C)N(C)c2cc(Cl)c(/C=N/NC(=O)c3cccc(F)c3)cc21. The number of fused-ring (bicyclic) bond motifs is 1. The van der Waals surface area contributed by atoms with E-state index in [4.69, 9.17) is 11.6 Å². The molecule has 2 aromatic rings. The first-order valence-corrected chi connectivity index (χ1v) is 9.23. The lowest BCUT2D eigenvalue weighted by atomic mass is 9.80. The number of rotatable bonds is 3. The molecular weight excluding hydrogens is 365 g/mol. The Bertz CT molecular complexity index is 910. The quantitative estimate of drug-likeness (QED) is 0.597. The van der Waals surface area contributed by atoms with Crippen LogP contribution in [-0.4, -0.2) is 24.7 Å². The van der Waals surface area contributed by atoms with Crippen LogP contribution in [0, 0.1) is 5.82 Å². The number of anilines is 1. The van der Waals surface area contributed by atoms with Gasteiger partial charge in [-0.3, -0.25) is 4.79 Å². The van der Waals surface area contributed by atoms with Crippen molar-refractivity contribution in [1.29, 1.82) is 0 Å². The van der Waals surface area contributed by atoms with Crippen LogP contribution < -0.4 is 10.3 Å². The van der Waals surface area contributed by atoms with Crippen LogP contribution in [0.5, 0.6) is 0 Å². The smallest absolute Gasteiger partial charge is 0.271 e. The molecule has 0 saturated carbocycles. The third-order valence-corrected chi connectivity index (χ3v) is 5.54. The molecule has 0 spiro atoms. The zero-order valence-electron chi connectivity index (χ0n) is 15.9. The van der Waals surface area contributed by atoms with Crippen molar-refractivity contribution in [2.45, 2.75) is 38.6 Å². The predicted octanol–water partition coefficient (Wildman–Crippen LogP) is 4.97. The highest BCUT2D eigenvalue weighted by Crippen LogP contribution is 2.44. The van der Waals surface area contributed by atoms with Crippen LogP contribution in [0.1, 0.15) is 54.6 Å². The van der Waals surface area contributed by atoms with Gasteiger partial charge in [-0.2, -0.15) is 5.10 Å². The van der Waals surface area contributed by atoms with Crippen LogP contribution in [-0.2, 0) is 0 Å². The number of amides is 1. The van der Waals surface area contributed by atoms with Crippen LogP contribution in [0.15, 0.2) is 41.5 Å². The van der Waals surface area contributed by atoms with Crippen LogP contribution in [0.25, 0.3) is 0 Å².